The molecule has 0 heterocycles. The summed E-state index contributed by atoms with van der Waals surface area (Å²) in [6.45, 7) is 7.78. The van der Waals surface area contributed by atoms with Crippen LogP contribution >= 0.6 is 0 Å². The molecule has 2 atom stereocenters. The van der Waals surface area contributed by atoms with E-state index in [9.17, 15) is 0 Å². The normalized spacial score (nSPS) is 28.5. The molecular weight excluding hydrogens is 160 g/mol. The molecule has 2 nitrogen and oxygen atoms in total. The molecule has 2 heteroatoms. The Bertz CT molecular complexity index is 165. The van der Waals surface area contributed by atoms with Crippen LogP contribution in [0.15, 0.2) is 12.3 Å². The van der Waals surface area contributed by atoms with E-state index >= 15 is 0 Å². The molecule has 0 amide bonds. The van der Waals surface area contributed by atoms with E-state index in [-0.39, 0.29) is 0 Å². The van der Waals surface area contributed by atoms with Crippen molar-refractivity contribution >= 4 is 0 Å². The summed E-state index contributed by atoms with van der Waals surface area (Å²) in [5.74, 6) is 1.51. The van der Waals surface area contributed by atoms with Crippen molar-refractivity contribution in [2.45, 2.75) is 32.6 Å². The fourth-order valence-electron chi connectivity index (χ4n) is 2.17. The van der Waals surface area contributed by atoms with Crippen molar-refractivity contribution in [3.05, 3.63) is 12.3 Å². The zero-order chi connectivity index (χ0) is 9.68. The second-order valence-corrected chi connectivity index (χ2v) is 4.20. The van der Waals surface area contributed by atoms with Crippen LogP contribution in [0.1, 0.15) is 32.6 Å². The first-order valence-electron chi connectivity index (χ1n) is 5.33. The van der Waals surface area contributed by atoms with Crippen molar-refractivity contribution in [2.24, 2.45) is 17.6 Å². The first kappa shape index (κ1) is 10.6. The Morgan fingerprint density at radius 2 is 2.00 bits per heavy atom. The zero-order valence-electron chi connectivity index (χ0n) is 8.68. The molecule has 1 saturated carbocycles. The molecule has 0 saturated heterocycles. The minimum atomic E-state index is 0.737. The molecule has 0 aliphatic heterocycles. The highest BCUT2D eigenvalue weighted by Gasteiger charge is 2.23. The van der Waals surface area contributed by atoms with Gasteiger partial charge in [-0.3, -0.25) is 0 Å². The van der Waals surface area contributed by atoms with Crippen LogP contribution in [0.4, 0.5) is 0 Å². The van der Waals surface area contributed by atoms with E-state index in [1.54, 1.807) is 0 Å². The summed E-state index contributed by atoms with van der Waals surface area (Å²) in [4.78, 5) is 0. The molecule has 2 unspecified atom stereocenters. The van der Waals surface area contributed by atoms with Crippen LogP contribution in [0, 0.1) is 11.8 Å². The lowest BCUT2D eigenvalue weighted by molar-refractivity contribution is 0.240. The van der Waals surface area contributed by atoms with Gasteiger partial charge in [0.1, 0.15) is 0 Å². The molecule has 1 fully saturated rings. The van der Waals surface area contributed by atoms with Crippen LogP contribution in [0.2, 0.25) is 0 Å². The fraction of sp³-hybridized carbons (Fsp3) is 0.818. The summed E-state index contributed by atoms with van der Waals surface area (Å²) in [5, 5.41) is 3.33. The monoisotopic (exact) mass is 182 g/mol. The smallest absolute Gasteiger partial charge is 0.0175 e. The van der Waals surface area contributed by atoms with Crippen LogP contribution in [0.5, 0.6) is 0 Å². The van der Waals surface area contributed by atoms with Crippen molar-refractivity contribution < 1.29 is 0 Å². The highest BCUT2D eigenvalue weighted by Crippen LogP contribution is 2.28. The molecular formula is C11H22N2. The summed E-state index contributed by atoms with van der Waals surface area (Å²) >= 11 is 0. The highest BCUT2D eigenvalue weighted by molar-refractivity contribution is 4.87. The third-order valence-corrected chi connectivity index (χ3v) is 3.04. The lowest BCUT2D eigenvalue weighted by Gasteiger charge is -2.31. The Kier molecular flexibility index (Phi) is 4.29. The van der Waals surface area contributed by atoms with Crippen LogP contribution in [-0.4, -0.2) is 13.1 Å². The van der Waals surface area contributed by atoms with Crippen LogP contribution in [-0.2, 0) is 0 Å². The Morgan fingerprint density at radius 1 is 1.38 bits per heavy atom. The molecule has 76 valence electrons. The van der Waals surface area contributed by atoms with E-state index in [0.717, 1.165) is 30.6 Å². The van der Waals surface area contributed by atoms with Crippen LogP contribution in [0.25, 0.3) is 0 Å². The van der Waals surface area contributed by atoms with Gasteiger partial charge in [-0.1, -0.05) is 19.4 Å². The van der Waals surface area contributed by atoms with Gasteiger partial charge >= 0.3 is 0 Å². The van der Waals surface area contributed by atoms with E-state index in [1.165, 1.54) is 25.7 Å². The molecule has 0 bridgehead atoms. The standard InChI is InChI=1S/C11H22N2/c1-9(2)13-8-11-6-4-3-5-10(11)7-12/h10-11,13H,1,3-8,12H2,2H3. The molecule has 13 heavy (non-hydrogen) atoms. The summed E-state index contributed by atoms with van der Waals surface area (Å²) in [6, 6.07) is 0. The molecule has 0 aromatic heterocycles. The van der Waals surface area contributed by atoms with Gasteiger partial charge in [-0.25, -0.2) is 0 Å². The molecule has 1 rings (SSSR count). The first-order valence-corrected chi connectivity index (χ1v) is 5.33. The Balaban J connectivity index is 2.31. The predicted octanol–water partition coefficient (Wildman–Crippen LogP) is 1.87. The lowest BCUT2D eigenvalue weighted by Crippen LogP contribution is -2.33. The SMILES string of the molecule is C=C(C)NCC1CCCCC1CN. The average molecular weight is 182 g/mol. The van der Waals surface area contributed by atoms with Gasteiger partial charge in [0, 0.05) is 12.2 Å². The third kappa shape index (κ3) is 3.39. The molecule has 1 aliphatic rings. The van der Waals surface area contributed by atoms with Gasteiger partial charge in [-0.15, -0.1) is 0 Å². The highest BCUT2D eigenvalue weighted by atomic mass is 14.9. The number of nitrogens with two attached hydrogens (primary N) is 1. The summed E-state index contributed by atoms with van der Waals surface area (Å²) in [6.07, 6.45) is 5.39. The Labute approximate surface area is 81.6 Å². The molecule has 0 aromatic carbocycles. The van der Waals surface area contributed by atoms with Gasteiger partial charge in [-0.05, 0) is 38.1 Å². The summed E-state index contributed by atoms with van der Waals surface area (Å²) in [5.41, 5.74) is 6.82. The van der Waals surface area contributed by atoms with Crippen molar-refractivity contribution in [1.82, 2.24) is 5.32 Å². The van der Waals surface area contributed by atoms with Crippen molar-refractivity contribution in [3.8, 4) is 0 Å². The van der Waals surface area contributed by atoms with Gasteiger partial charge in [-0.2, -0.15) is 0 Å². The van der Waals surface area contributed by atoms with Gasteiger partial charge in [0.05, 0.1) is 0 Å². The number of allylic oxidation sites excluding steroid dienone is 1. The number of hydrogen-bond donors (Lipinski definition) is 2. The van der Waals surface area contributed by atoms with Crippen molar-refractivity contribution in [1.29, 1.82) is 0 Å². The Hall–Kier alpha value is -0.500. The number of hydrogen-bond acceptors (Lipinski definition) is 2. The predicted molar refractivity (Wildman–Crippen MR) is 57.3 cm³/mol. The molecule has 1 aliphatic carbocycles. The third-order valence-electron chi connectivity index (χ3n) is 3.04. The molecule has 3 N–H and O–H groups in total. The quantitative estimate of drug-likeness (QED) is 0.696. The minimum Gasteiger partial charge on any atom is -0.389 e. The summed E-state index contributed by atoms with van der Waals surface area (Å²) < 4.78 is 0. The van der Waals surface area contributed by atoms with Gasteiger partial charge in [0.15, 0.2) is 0 Å². The molecule has 0 spiro atoms. The van der Waals surface area contributed by atoms with E-state index in [1.807, 2.05) is 6.92 Å². The Morgan fingerprint density at radius 3 is 2.54 bits per heavy atom. The number of nitrogens with one attached hydrogen (secondary N) is 1. The van der Waals surface area contributed by atoms with E-state index in [2.05, 4.69) is 11.9 Å². The van der Waals surface area contributed by atoms with Gasteiger partial charge < -0.3 is 11.1 Å². The first-order chi connectivity index (χ1) is 6.24. The van der Waals surface area contributed by atoms with Gasteiger partial charge in [0.25, 0.3) is 0 Å². The van der Waals surface area contributed by atoms with Crippen LogP contribution in [0.3, 0.4) is 0 Å². The maximum atomic E-state index is 5.75. The maximum absolute atomic E-state index is 5.75. The van der Waals surface area contributed by atoms with E-state index < -0.39 is 0 Å². The topological polar surface area (TPSA) is 38.0 Å². The second-order valence-electron chi connectivity index (χ2n) is 4.20. The van der Waals surface area contributed by atoms with Crippen LogP contribution < -0.4 is 11.1 Å². The lowest BCUT2D eigenvalue weighted by atomic mass is 9.79. The minimum absolute atomic E-state index is 0.737. The van der Waals surface area contributed by atoms with Crippen molar-refractivity contribution in [3.63, 3.8) is 0 Å². The molecule has 0 radical (unpaired) electrons. The maximum Gasteiger partial charge on any atom is 0.0175 e. The fourth-order valence-corrected chi connectivity index (χ4v) is 2.17. The zero-order valence-corrected chi connectivity index (χ0v) is 8.68. The van der Waals surface area contributed by atoms with Gasteiger partial charge in [0.2, 0.25) is 0 Å². The van der Waals surface area contributed by atoms with E-state index in [4.69, 9.17) is 5.73 Å². The molecule has 0 aromatic rings. The second kappa shape index (κ2) is 5.28. The number of rotatable bonds is 4. The van der Waals surface area contributed by atoms with Crippen molar-refractivity contribution in [2.75, 3.05) is 13.1 Å². The van der Waals surface area contributed by atoms with E-state index in [0.29, 0.717) is 0 Å². The largest absolute Gasteiger partial charge is 0.389 e. The summed E-state index contributed by atoms with van der Waals surface area (Å²) in [7, 11) is 0. The average Bonchev–Trinajstić information content (AvgIpc) is 2.15.